The van der Waals surface area contributed by atoms with E-state index >= 15 is 0 Å². The third-order valence-electron chi connectivity index (χ3n) is 4.34. The van der Waals surface area contributed by atoms with E-state index in [1.807, 2.05) is 6.92 Å². The van der Waals surface area contributed by atoms with Crippen molar-refractivity contribution < 1.29 is 9.90 Å². The molecule has 6 nitrogen and oxygen atoms in total. The number of rotatable bonds is 3. The van der Waals surface area contributed by atoms with Gasteiger partial charge in [0.25, 0.3) is 5.56 Å². The average molecular weight is 313 g/mol. The molecule has 0 saturated carbocycles. The normalized spacial score (nSPS) is 13.7. The first-order valence-electron chi connectivity index (χ1n) is 7.76. The predicted octanol–water partition coefficient (Wildman–Crippen LogP) is 1.88. The summed E-state index contributed by atoms with van der Waals surface area (Å²) in [7, 11) is 0. The Kier molecular flexibility index (Phi) is 3.98. The summed E-state index contributed by atoms with van der Waals surface area (Å²) in [5, 5.41) is 9.19. The van der Waals surface area contributed by atoms with Crippen LogP contribution in [0.4, 0.5) is 0 Å². The molecule has 0 atom stereocenters. The van der Waals surface area contributed by atoms with Crippen molar-refractivity contribution in [3.63, 3.8) is 0 Å². The van der Waals surface area contributed by atoms with Crippen molar-refractivity contribution >= 4 is 5.97 Å². The van der Waals surface area contributed by atoms with E-state index in [9.17, 15) is 14.7 Å². The summed E-state index contributed by atoms with van der Waals surface area (Å²) in [6.07, 6.45) is 5.83. The lowest BCUT2D eigenvalue weighted by Gasteiger charge is -2.18. The van der Waals surface area contributed by atoms with E-state index < -0.39 is 11.5 Å². The van der Waals surface area contributed by atoms with Crippen molar-refractivity contribution in [3.8, 4) is 0 Å². The predicted molar refractivity (Wildman–Crippen MR) is 84.9 cm³/mol. The highest BCUT2D eigenvalue weighted by atomic mass is 16.4. The Morgan fingerprint density at radius 3 is 2.74 bits per heavy atom. The van der Waals surface area contributed by atoms with Crippen LogP contribution < -0.4 is 5.56 Å². The number of fused-ring (bicyclic) bond motifs is 1. The van der Waals surface area contributed by atoms with Crippen molar-refractivity contribution in [2.45, 2.75) is 46.1 Å². The van der Waals surface area contributed by atoms with E-state index in [-0.39, 0.29) is 12.1 Å². The molecule has 0 aromatic carbocycles. The molecule has 1 aliphatic carbocycles. The number of carbonyl (C=O) groups is 1. The fourth-order valence-corrected chi connectivity index (χ4v) is 3.12. The first-order chi connectivity index (χ1) is 11.0. The molecule has 0 fully saturated rings. The first kappa shape index (κ1) is 15.4. The standard InChI is InChI=1S/C17H19N3O3/c1-10-7-8-20(16(21)15(10)17(22)23)9-14-18-11(2)12-5-3-4-6-13(12)19-14/h7-8H,3-6,9H2,1-2H3,(H,22,23). The number of hydrogen-bond donors (Lipinski definition) is 1. The van der Waals surface area contributed by atoms with Crippen LogP contribution in [0.3, 0.4) is 0 Å². The molecule has 3 rings (SSSR count). The van der Waals surface area contributed by atoms with Gasteiger partial charge < -0.3 is 9.67 Å². The second kappa shape index (κ2) is 5.95. The van der Waals surface area contributed by atoms with Gasteiger partial charge >= 0.3 is 5.97 Å². The Morgan fingerprint density at radius 2 is 2.00 bits per heavy atom. The maximum Gasteiger partial charge on any atom is 0.341 e. The Balaban J connectivity index is 2.00. The number of hydrogen-bond acceptors (Lipinski definition) is 4. The Bertz CT molecular complexity index is 840. The Hall–Kier alpha value is -2.50. The van der Waals surface area contributed by atoms with Crippen molar-refractivity contribution in [1.82, 2.24) is 14.5 Å². The van der Waals surface area contributed by atoms with Crippen molar-refractivity contribution in [1.29, 1.82) is 0 Å². The summed E-state index contributed by atoms with van der Waals surface area (Å²) < 4.78 is 1.36. The summed E-state index contributed by atoms with van der Waals surface area (Å²) in [5.41, 5.74) is 3.00. The zero-order valence-corrected chi connectivity index (χ0v) is 13.3. The highest BCUT2D eigenvalue weighted by molar-refractivity contribution is 5.88. The average Bonchev–Trinajstić information content (AvgIpc) is 2.50. The highest BCUT2D eigenvalue weighted by Gasteiger charge is 2.18. The van der Waals surface area contributed by atoms with Crippen LogP contribution in [0.1, 0.15) is 51.5 Å². The minimum atomic E-state index is -1.20. The second-order valence-corrected chi connectivity index (χ2v) is 5.97. The molecule has 2 heterocycles. The van der Waals surface area contributed by atoms with E-state index in [2.05, 4.69) is 9.97 Å². The first-order valence-corrected chi connectivity index (χ1v) is 7.76. The molecule has 0 saturated heterocycles. The van der Waals surface area contributed by atoms with Gasteiger partial charge in [0.1, 0.15) is 11.4 Å². The molecular formula is C17H19N3O3. The fourth-order valence-electron chi connectivity index (χ4n) is 3.12. The maximum atomic E-state index is 12.3. The number of carboxylic acid groups (broad SMARTS) is 1. The van der Waals surface area contributed by atoms with Crippen LogP contribution in [-0.4, -0.2) is 25.6 Å². The van der Waals surface area contributed by atoms with Crippen LogP contribution in [-0.2, 0) is 19.4 Å². The van der Waals surface area contributed by atoms with Crippen LogP contribution in [0.2, 0.25) is 0 Å². The van der Waals surface area contributed by atoms with Crippen molar-refractivity contribution in [2.24, 2.45) is 0 Å². The molecule has 2 aromatic heterocycles. The quantitative estimate of drug-likeness (QED) is 0.935. The molecule has 0 unspecified atom stereocenters. The van der Waals surface area contributed by atoms with Crippen molar-refractivity contribution in [3.05, 3.63) is 56.5 Å². The number of aryl methyl sites for hydroxylation is 3. The van der Waals surface area contributed by atoms with Gasteiger partial charge in [0.2, 0.25) is 0 Å². The third kappa shape index (κ3) is 2.88. The van der Waals surface area contributed by atoms with Crippen molar-refractivity contribution in [2.75, 3.05) is 0 Å². The van der Waals surface area contributed by atoms with Gasteiger partial charge in [-0.15, -0.1) is 0 Å². The van der Waals surface area contributed by atoms with Crippen LogP contribution in [0.25, 0.3) is 0 Å². The van der Waals surface area contributed by atoms with E-state index in [1.165, 1.54) is 10.1 Å². The fraction of sp³-hybridized carbons (Fsp3) is 0.412. The van der Waals surface area contributed by atoms with Gasteiger partial charge in [-0.05, 0) is 56.7 Å². The van der Waals surface area contributed by atoms with E-state index in [4.69, 9.17) is 0 Å². The molecule has 120 valence electrons. The van der Waals surface area contributed by atoms with E-state index in [0.717, 1.165) is 37.1 Å². The minimum absolute atomic E-state index is 0.188. The van der Waals surface area contributed by atoms with Gasteiger partial charge in [-0.25, -0.2) is 14.8 Å². The Labute approximate surface area is 133 Å². The molecule has 0 bridgehead atoms. The van der Waals surface area contributed by atoms with Crippen LogP contribution in [0, 0.1) is 13.8 Å². The zero-order valence-electron chi connectivity index (χ0n) is 13.3. The topological polar surface area (TPSA) is 85.1 Å². The second-order valence-electron chi connectivity index (χ2n) is 5.97. The van der Waals surface area contributed by atoms with Gasteiger partial charge in [0, 0.05) is 17.6 Å². The van der Waals surface area contributed by atoms with E-state index in [0.29, 0.717) is 11.4 Å². The van der Waals surface area contributed by atoms with E-state index in [1.54, 1.807) is 19.2 Å². The number of aromatic carboxylic acids is 1. The van der Waals surface area contributed by atoms with Crippen LogP contribution in [0.15, 0.2) is 17.1 Å². The van der Waals surface area contributed by atoms with Gasteiger partial charge in [-0.1, -0.05) is 0 Å². The number of carboxylic acids is 1. The molecule has 23 heavy (non-hydrogen) atoms. The van der Waals surface area contributed by atoms with Crippen LogP contribution in [0.5, 0.6) is 0 Å². The molecule has 0 spiro atoms. The molecule has 0 amide bonds. The lowest BCUT2D eigenvalue weighted by molar-refractivity contribution is 0.0693. The lowest BCUT2D eigenvalue weighted by Crippen LogP contribution is -2.28. The molecular weight excluding hydrogens is 294 g/mol. The lowest BCUT2D eigenvalue weighted by atomic mass is 9.95. The SMILES string of the molecule is Cc1ccn(Cc2nc(C)c3c(n2)CCCC3)c(=O)c1C(=O)O. The summed E-state index contributed by atoms with van der Waals surface area (Å²) >= 11 is 0. The van der Waals surface area contributed by atoms with Gasteiger partial charge in [-0.3, -0.25) is 4.79 Å². The molecule has 0 aliphatic heterocycles. The van der Waals surface area contributed by atoms with Gasteiger partial charge in [0.05, 0.1) is 6.54 Å². The summed E-state index contributed by atoms with van der Waals surface area (Å²) in [6.45, 7) is 3.78. The number of aromatic nitrogens is 3. The molecule has 6 heteroatoms. The number of pyridine rings is 1. The molecule has 1 aliphatic rings. The summed E-state index contributed by atoms with van der Waals surface area (Å²) in [4.78, 5) is 32.7. The minimum Gasteiger partial charge on any atom is -0.477 e. The summed E-state index contributed by atoms with van der Waals surface area (Å²) in [6, 6.07) is 1.64. The van der Waals surface area contributed by atoms with Gasteiger partial charge in [0.15, 0.2) is 0 Å². The highest BCUT2D eigenvalue weighted by Crippen LogP contribution is 2.21. The maximum absolute atomic E-state index is 12.3. The van der Waals surface area contributed by atoms with Gasteiger partial charge in [-0.2, -0.15) is 0 Å². The van der Waals surface area contributed by atoms with Crippen LogP contribution >= 0.6 is 0 Å². The molecule has 0 radical (unpaired) electrons. The number of nitrogens with zero attached hydrogens (tertiary/aromatic N) is 3. The largest absolute Gasteiger partial charge is 0.477 e. The zero-order chi connectivity index (χ0) is 16.6. The molecule has 2 aromatic rings. The summed E-state index contributed by atoms with van der Waals surface area (Å²) in [5.74, 6) is -0.644. The smallest absolute Gasteiger partial charge is 0.341 e. The third-order valence-corrected chi connectivity index (χ3v) is 4.34. The molecule has 1 N–H and O–H groups in total. The monoisotopic (exact) mass is 313 g/mol. The Morgan fingerprint density at radius 1 is 1.26 bits per heavy atom.